The minimum atomic E-state index is -3.03. The minimum absolute atomic E-state index is 0.118. The first-order valence-corrected chi connectivity index (χ1v) is 22.9. The highest BCUT2D eigenvalue weighted by molar-refractivity contribution is 6.99. The van der Waals surface area contributed by atoms with Gasteiger partial charge >= 0.3 is 0 Å². The largest absolute Gasteiger partial charge is 0.507 e. The van der Waals surface area contributed by atoms with Crippen molar-refractivity contribution in [3.8, 4) is 5.75 Å². The van der Waals surface area contributed by atoms with Gasteiger partial charge in [-0.15, -0.1) is 0 Å². The van der Waals surface area contributed by atoms with Crippen LogP contribution in [0.4, 0.5) is 0 Å². The third-order valence-corrected chi connectivity index (χ3v) is 18.8. The Bertz CT molecular complexity index is 2240. The SMILES string of the molecule is CC(C)(C)[Si](OC[C@H]1C[C@@H]2C(=O)N(C3CCN(Cc4ccccc4)CC3)C(=O)[C@@H]2[C@@H]2C[C@@H](c3ccc(O)c4ccccc34)O[C@]12O)(c1ccccc1)c1ccccc1. The van der Waals surface area contributed by atoms with Gasteiger partial charge in [-0.05, 0) is 63.7 Å². The molecule has 4 fully saturated rings. The number of phenolic OH excluding ortho intramolecular Hbond substituents is 1. The number of ether oxygens (including phenoxy) is 1. The number of phenols is 1. The molecule has 2 amide bonds. The fourth-order valence-corrected chi connectivity index (χ4v) is 15.6. The first kappa shape index (κ1) is 38.9. The molecule has 0 spiro atoms. The standard InChI is InChI=1S/C49H54N2O6Si/c1-48(2,3)58(36-17-9-5-10-18-36,37-19-11-6-12-20-37)56-32-34-29-41-45(42-30-44(57-49(34,42)55)40-23-24-43(52)39-22-14-13-21-38(39)40)47(54)51(46(41)53)35-25-27-50(28-26-35)31-33-15-7-4-8-16-33/h4-24,34-35,41-42,44-45,52,55H,25-32H2,1-3H3/t34-,41+,42+,44+,45+,49-/m1/s1. The number of fused-ring (bicyclic) bond motifs is 4. The summed E-state index contributed by atoms with van der Waals surface area (Å²) in [7, 11) is -3.03. The second-order valence-electron chi connectivity index (χ2n) is 18.0. The third kappa shape index (κ3) is 6.52. The number of amides is 2. The molecule has 0 radical (unpaired) electrons. The number of aromatic hydroxyl groups is 1. The molecule has 0 aromatic heterocycles. The number of likely N-dealkylation sites (tertiary alicyclic amines) is 2. The molecule has 0 unspecified atom stereocenters. The van der Waals surface area contributed by atoms with Gasteiger partial charge < -0.3 is 19.4 Å². The number of hydrogen-bond donors (Lipinski definition) is 2. The van der Waals surface area contributed by atoms with Crippen LogP contribution in [0.1, 0.15) is 63.7 Å². The molecule has 1 saturated carbocycles. The van der Waals surface area contributed by atoms with E-state index in [2.05, 4.69) is 98.5 Å². The van der Waals surface area contributed by atoms with Crippen molar-refractivity contribution < 1.29 is 29.0 Å². The summed E-state index contributed by atoms with van der Waals surface area (Å²) in [4.78, 5) is 33.5. The molecule has 8 nitrogen and oxygen atoms in total. The second-order valence-corrected chi connectivity index (χ2v) is 22.3. The van der Waals surface area contributed by atoms with Gasteiger partial charge in [0.2, 0.25) is 11.8 Å². The molecule has 2 N–H and O–H groups in total. The van der Waals surface area contributed by atoms with E-state index in [1.807, 2.05) is 48.5 Å². The smallest absolute Gasteiger partial charge is 0.261 e. The summed E-state index contributed by atoms with van der Waals surface area (Å²) in [6.07, 6.45) is 1.53. The van der Waals surface area contributed by atoms with E-state index in [1.54, 1.807) is 11.0 Å². The number of imide groups is 1. The summed E-state index contributed by atoms with van der Waals surface area (Å²) in [6, 6.07) is 42.3. The lowest BCUT2D eigenvalue weighted by Gasteiger charge is -2.48. The van der Waals surface area contributed by atoms with Crippen LogP contribution in [0.3, 0.4) is 0 Å². The third-order valence-electron chi connectivity index (χ3n) is 13.8. The number of carbonyl (C=O) groups excluding carboxylic acids is 2. The van der Waals surface area contributed by atoms with Crippen LogP contribution in [0.2, 0.25) is 5.04 Å². The zero-order valence-electron chi connectivity index (χ0n) is 33.7. The summed E-state index contributed by atoms with van der Waals surface area (Å²) in [5.41, 5.74) is 2.10. The Kier molecular flexibility index (Phi) is 10.2. The van der Waals surface area contributed by atoms with E-state index in [9.17, 15) is 19.8 Å². The van der Waals surface area contributed by atoms with Crippen molar-refractivity contribution in [1.29, 1.82) is 0 Å². The molecule has 3 heterocycles. The Balaban J connectivity index is 1.07. The normalized spacial score (nSPS) is 26.9. The molecule has 6 atom stereocenters. The summed E-state index contributed by atoms with van der Waals surface area (Å²) in [5.74, 6) is -4.34. The first-order chi connectivity index (χ1) is 28.0. The molecule has 9 rings (SSSR count). The molecule has 0 bridgehead atoms. The number of nitrogens with zero attached hydrogens (tertiary/aromatic N) is 2. The Hall–Kier alpha value is -4.64. The van der Waals surface area contributed by atoms with Gasteiger partial charge in [0.15, 0.2) is 5.79 Å². The van der Waals surface area contributed by atoms with Gasteiger partial charge in [-0.1, -0.05) is 142 Å². The predicted molar refractivity (Wildman–Crippen MR) is 228 cm³/mol. The summed E-state index contributed by atoms with van der Waals surface area (Å²) >= 11 is 0. The van der Waals surface area contributed by atoms with Gasteiger partial charge in [-0.25, -0.2) is 0 Å². The maximum atomic E-state index is 14.8. The predicted octanol–water partition coefficient (Wildman–Crippen LogP) is 7.17. The van der Waals surface area contributed by atoms with Gasteiger partial charge in [-0.2, -0.15) is 0 Å². The fraction of sp³-hybridized carbons (Fsp3) is 0.388. The molecular weight excluding hydrogens is 741 g/mol. The lowest BCUT2D eigenvalue weighted by atomic mass is 9.64. The van der Waals surface area contributed by atoms with E-state index in [0.717, 1.165) is 53.8 Å². The zero-order valence-corrected chi connectivity index (χ0v) is 34.7. The van der Waals surface area contributed by atoms with Gasteiger partial charge in [0.05, 0.1) is 17.9 Å². The van der Waals surface area contributed by atoms with Gasteiger partial charge in [0, 0.05) is 49.5 Å². The second kappa shape index (κ2) is 15.2. The van der Waals surface area contributed by atoms with E-state index in [1.165, 1.54) is 5.56 Å². The van der Waals surface area contributed by atoms with Crippen molar-refractivity contribution in [2.75, 3.05) is 19.7 Å². The minimum Gasteiger partial charge on any atom is -0.507 e. The average Bonchev–Trinajstić information content (AvgIpc) is 3.71. The Labute approximate surface area is 342 Å². The number of rotatable bonds is 9. The number of benzene rings is 5. The molecule has 4 aliphatic rings. The van der Waals surface area contributed by atoms with E-state index in [-0.39, 0.29) is 41.7 Å². The fourth-order valence-electron chi connectivity index (χ4n) is 11.0. The molecule has 3 aliphatic heterocycles. The highest BCUT2D eigenvalue weighted by atomic mass is 28.4. The molecule has 58 heavy (non-hydrogen) atoms. The Morgan fingerprint density at radius 3 is 1.97 bits per heavy atom. The van der Waals surface area contributed by atoms with Crippen LogP contribution in [0.15, 0.2) is 127 Å². The molecule has 300 valence electrons. The lowest BCUT2D eigenvalue weighted by Crippen LogP contribution is -2.67. The highest BCUT2D eigenvalue weighted by Crippen LogP contribution is 2.59. The number of piperidine rings is 1. The van der Waals surface area contributed by atoms with E-state index in [4.69, 9.17) is 9.16 Å². The van der Waals surface area contributed by atoms with E-state index < -0.39 is 43.9 Å². The number of aliphatic hydroxyl groups is 1. The molecular formula is C49H54N2O6Si. The topological polar surface area (TPSA) is 99.5 Å². The van der Waals surface area contributed by atoms with Crippen LogP contribution < -0.4 is 10.4 Å². The van der Waals surface area contributed by atoms with E-state index >= 15 is 0 Å². The maximum Gasteiger partial charge on any atom is 0.261 e. The van der Waals surface area contributed by atoms with Crippen molar-refractivity contribution in [3.63, 3.8) is 0 Å². The van der Waals surface area contributed by atoms with Crippen LogP contribution in [0.25, 0.3) is 10.8 Å². The highest BCUT2D eigenvalue weighted by Gasteiger charge is 2.68. The molecule has 1 aliphatic carbocycles. The summed E-state index contributed by atoms with van der Waals surface area (Å²) in [5, 5.41) is 27.4. The van der Waals surface area contributed by atoms with Crippen LogP contribution in [0, 0.1) is 23.7 Å². The molecule has 5 aromatic rings. The molecule has 9 heteroatoms. The van der Waals surface area contributed by atoms with Gasteiger partial charge in [0.1, 0.15) is 5.75 Å². The molecule has 3 saturated heterocycles. The number of hydrogen-bond acceptors (Lipinski definition) is 7. The van der Waals surface area contributed by atoms with Crippen molar-refractivity contribution >= 4 is 41.3 Å². The number of carbonyl (C=O) groups is 2. The maximum absolute atomic E-state index is 14.8. The Morgan fingerprint density at radius 2 is 1.34 bits per heavy atom. The summed E-state index contributed by atoms with van der Waals surface area (Å²) in [6.45, 7) is 9.29. The van der Waals surface area contributed by atoms with Crippen molar-refractivity contribution in [1.82, 2.24) is 9.80 Å². The molecule has 5 aromatic carbocycles. The zero-order chi connectivity index (χ0) is 40.2. The van der Waals surface area contributed by atoms with Crippen molar-refractivity contribution in [2.45, 2.75) is 76.0 Å². The lowest BCUT2D eigenvalue weighted by molar-refractivity contribution is -0.273. The van der Waals surface area contributed by atoms with Crippen LogP contribution >= 0.6 is 0 Å². The van der Waals surface area contributed by atoms with Gasteiger partial charge in [-0.3, -0.25) is 19.4 Å². The van der Waals surface area contributed by atoms with Crippen LogP contribution in [0.5, 0.6) is 5.75 Å². The van der Waals surface area contributed by atoms with Crippen LogP contribution in [-0.2, 0) is 25.3 Å². The van der Waals surface area contributed by atoms with E-state index in [0.29, 0.717) is 11.8 Å². The Morgan fingerprint density at radius 1 is 0.759 bits per heavy atom. The summed E-state index contributed by atoms with van der Waals surface area (Å²) < 4.78 is 14.4. The van der Waals surface area contributed by atoms with Crippen molar-refractivity contribution in [3.05, 3.63) is 139 Å². The monoisotopic (exact) mass is 794 g/mol. The van der Waals surface area contributed by atoms with Crippen molar-refractivity contribution in [2.24, 2.45) is 23.7 Å². The average molecular weight is 795 g/mol. The van der Waals surface area contributed by atoms with Gasteiger partial charge in [0.25, 0.3) is 8.32 Å². The first-order valence-electron chi connectivity index (χ1n) is 21.0. The van der Waals surface area contributed by atoms with Crippen LogP contribution in [-0.4, -0.2) is 71.7 Å². The quantitative estimate of drug-likeness (QED) is 0.121.